The molecule has 0 aromatic rings. The molecule has 4 aliphatic heterocycles. The molecule has 1 saturated carbocycles. The Labute approximate surface area is 246 Å². The first-order valence-electron chi connectivity index (χ1n) is 15.1. The maximum absolute atomic E-state index is 12.9. The van der Waals surface area contributed by atoms with Gasteiger partial charge in [-0.1, -0.05) is 27.7 Å². The highest BCUT2D eigenvalue weighted by atomic mass is 17.3. The molecule has 0 unspecified atom stereocenters. The van der Waals surface area contributed by atoms with E-state index in [1.54, 1.807) is 0 Å². The van der Waals surface area contributed by atoms with Crippen molar-refractivity contribution in [2.24, 2.45) is 29.6 Å². The van der Waals surface area contributed by atoms with Crippen molar-refractivity contribution in [1.82, 2.24) is 10.6 Å². The fourth-order valence-corrected chi connectivity index (χ4v) is 7.02. The molecule has 4 heterocycles. The second kappa shape index (κ2) is 12.7. The zero-order valence-electron chi connectivity index (χ0n) is 25.3. The molecule has 11 atom stereocenters. The molecular formula is C29H46N2O11. The van der Waals surface area contributed by atoms with Crippen LogP contribution in [0.5, 0.6) is 0 Å². The summed E-state index contributed by atoms with van der Waals surface area (Å²) in [6.45, 7) is 10.9. The van der Waals surface area contributed by atoms with E-state index in [0.717, 1.165) is 19.3 Å². The quantitative estimate of drug-likeness (QED) is 0.202. The summed E-state index contributed by atoms with van der Waals surface area (Å²) in [6.07, 6.45) is 0.133. The number of rotatable bonds is 11. The third-order valence-corrected chi connectivity index (χ3v) is 9.31. The van der Waals surface area contributed by atoms with E-state index >= 15 is 0 Å². The largest absolute Gasteiger partial charge is 0.480 e. The van der Waals surface area contributed by atoms with Crippen molar-refractivity contribution >= 4 is 23.8 Å². The average molecular weight is 599 g/mol. The summed E-state index contributed by atoms with van der Waals surface area (Å²) < 4.78 is 18.3. The van der Waals surface area contributed by atoms with Gasteiger partial charge in [-0.15, -0.1) is 0 Å². The number of carbonyl (C=O) groups excluding carboxylic acids is 3. The molecule has 1 aliphatic carbocycles. The van der Waals surface area contributed by atoms with Crippen LogP contribution in [0.1, 0.15) is 86.5 Å². The number of hydrogen-bond acceptors (Lipinski definition) is 10. The predicted octanol–water partition coefficient (Wildman–Crippen LogP) is 2.00. The molecule has 4 saturated heterocycles. The Hall–Kier alpha value is -2.32. The van der Waals surface area contributed by atoms with Crippen LogP contribution < -0.4 is 10.6 Å². The number of fused-ring (bicyclic) bond motifs is 2. The lowest BCUT2D eigenvalue weighted by atomic mass is 9.58. The molecule has 238 valence electrons. The van der Waals surface area contributed by atoms with Gasteiger partial charge in [0.25, 0.3) is 0 Å². The molecule has 5 rings (SSSR count). The lowest BCUT2D eigenvalue weighted by Gasteiger charge is -2.59. The SMILES string of the molecule is CC(C)C[C@H](NC(=O)CCC(=O)O[C@@H]1O[C@H]2O[C@]3(C)CC[C@H]4[C@H](C)CC[C@@H]([C@H]1C)[C@@]24OO3)C(=O)N[C@H](C(=O)O)[C@@H](C)O. The van der Waals surface area contributed by atoms with Crippen molar-refractivity contribution in [3.8, 4) is 0 Å². The molecule has 0 aromatic heterocycles. The lowest BCUT2D eigenvalue weighted by Crippen LogP contribution is -2.70. The molecule has 4 N–H and O–H groups in total. The summed E-state index contributed by atoms with van der Waals surface area (Å²) in [5.41, 5.74) is -0.782. The molecule has 5 fully saturated rings. The van der Waals surface area contributed by atoms with Crippen LogP contribution in [-0.4, -0.2) is 76.1 Å². The smallest absolute Gasteiger partial charge is 0.328 e. The highest BCUT2D eigenvalue weighted by molar-refractivity contribution is 5.91. The van der Waals surface area contributed by atoms with Crippen LogP contribution in [0.4, 0.5) is 0 Å². The zero-order chi connectivity index (χ0) is 31.0. The topological polar surface area (TPSA) is 179 Å². The minimum Gasteiger partial charge on any atom is -0.480 e. The Morgan fingerprint density at radius 1 is 1.00 bits per heavy atom. The van der Waals surface area contributed by atoms with E-state index in [1.165, 1.54) is 6.92 Å². The average Bonchev–Trinajstić information content (AvgIpc) is 3.13. The van der Waals surface area contributed by atoms with E-state index < -0.39 is 65.9 Å². The van der Waals surface area contributed by atoms with E-state index in [2.05, 4.69) is 17.6 Å². The number of esters is 1. The lowest BCUT2D eigenvalue weighted by molar-refractivity contribution is -0.576. The molecule has 13 nitrogen and oxygen atoms in total. The van der Waals surface area contributed by atoms with Crippen molar-refractivity contribution in [1.29, 1.82) is 0 Å². The highest BCUT2D eigenvalue weighted by Gasteiger charge is 2.69. The van der Waals surface area contributed by atoms with Crippen molar-refractivity contribution in [3.63, 3.8) is 0 Å². The molecule has 13 heteroatoms. The van der Waals surface area contributed by atoms with E-state index in [1.807, 2.05) is 27.7 Å². The summed E-state index contributed by atoms with van der Waals surface area (Å²) in [5.74, 6) is -3.95. The van der Waals surface area contributed by atoms with Gasteiger partial charge in [-0.3, -0.25) is 14.4 Å². The second-order valence-corrected chi connectivity index (χ2v) is 13.1. The van der Waals surface area contributed by atoms with Gasteiger partial charge in [0.15, 0.2) is 17.9 Å². The summed E-state index contributed by atoms with van der Waals surface area (Å²) in [5, 5.41) is 23.8. The van der Waals surface area contributed by atoms with Crippen LogP contribution in [0.15, 0.2) is 0 Å². The number of hydrogen-bond donors (Lipinski definition) is 4. The third kappa shape index (κ3) is 6.59. The molecular weight excluding hydrogens is 552 g/mol. The standard InChI is InChI=1S/C29H46N2O11/c1-14(2)13-20(24(35)31-23(17(5)32)25(36)37)30-21(33)9-10-22(34)38-26-16(4)19-8-7-15(3)18-11-12-28(6)40-27(39-26)29(18,19)42-41-28/h14-20,23,26-27,32H,7-13H2,1-6H3,(H,30,33)(H,31,35)(H,36,37)/t15-,16-,17-,18+,19+,20+,23+,26-,27+,28+,29-/m1/s1. The maximum atomic E-state index is 12.9. The minimum absolute atomic E-state index is 0.00504. The van der Waals surface area contributed by atoms with Crippen molar-refractivity contribution in [2.45, 2.75) is 129 Å². The number of aliphatic hydroxyl groups excluding tert-OH is 1. The van der Waals surface area contributed by atoms with Gasteiger partial charge in [0.2, 0.25) is 23.9 Å². The fraction of sp³-hybridized carbons (Fsp3) is 0.862. The van der Waals surface area contributed by atoms with Crippen LogP contribution in [0.3, 0.4) is 0 Å². The van der Waals surface area contributed by atoms with Gasteiger partial charge in [-0.2, -0.15) is 0 Å². The maximum Gasteiger partial charge on any atom is 0.328 e. The summed E-state index contributed by atoms with van der Waals surface area (Å²) >= 11 is 0. The summed E-state index contributed by atoms with van der Waals surface area (Å²) in [6, 6.07) is -2.56. The molecule has 42 heavy (non-hydrogen) atoms. The van der Waals surface area contributed by atoms with E-state index in [0.29, 0.717) is 12.3 Å². The Balaban J connectivity index is 1.35. The van der Waals surface area contributed by atoms with Gasteiger partial charge in [-0.25, -0.2) is 14.6 Å². The van der Waals surface area contributed by atoms with Gasteiger partial charge in [0, 0.05) is 24.7 Å². The summed E-state index contributed by atoms with van der Waals surface area (Å²) in [7, 11) is 0. The number of carboxylic acids is 1. The van der Waals surface area contributed by atoms with E-state index in [9.17, 15) is 29.4 Å². The van der Waals surface area contributed by atoms with Gasteiger partial charge in [0.05, 0.1) is 12.5 Å². The number of aliphatic carboxylic acids is 1. The Bertz CT molecular complexity index is 1040. The second-order valence-electron chi connectivity index (χ2n) is 13.1. The monoisotopic (exact) mass is 598 g/mol. The van der Waals surface area contributed by atoms with Crippen molar-refractivity contribution < 1.29 is 53.4 Å². The Kier molecular flexibility index (Phi) is 9.88. The third-order valence-electron chi connectivity index (χ3n) is 9.31. The normalized spacial score (nSPS) is 37.5. The molecule has 5 aliphatic rings. The molecule has 2 bridgehead atoms. The van der Waals surface area contributed by atoms with Gasteiger partial charge in [0.1, 0.15) is 6.04 Å². The number of nitrogens with one attached hydrogen (secondary N) is 2. The van der Waals surface area contributed by atoms with E-state index in [-0.39, 0.29) is 42.9 Å². The zero-order valence-corrected chi connectivity index (χ0v) is 25.3. The molecule has 0 radical (unpaired) electrons. The molecule has 2 amide bonds. The minimum atomic E-state index is -1.52. The number of aliphatic hydroxyl groups is 1. The first-order valence-corrected chi connectivity index (χ1v) is 15.1. The van der Waals surface area contributed by atoms with Gasteiger partial charge < -0.3 is 35.1 Å². The summed E-state index contributed by atoms with van der Waals surface area (Å²) in [4.78, 5) is 61.6. The van der Waals surface area contributed by atoms with Crippen LogP contribution in [0, 0.1) is 29.6 Å². The molecule has 0 aromatic carbocycles. The molecule has 1 spiro atoms. The predicted molar refractivity (Wildman–Crippen MR) is 145 cm³/mol. The van der Waals surface area contributed by atoms with Crippen LogP contribution >= 0.6 is 0 Å². The van der Waals surface area contributed by atoms with Crippen LogP contribution in [-0.2, 0) is 43.2 Å². The number of carboxylic acid groups (broad SMARTS) is 1. The van der Waals surface area contributed by atoms with Crippen LogP contribution in [0.25, 0.3) is 0 Å². The number of carbonyl (C=O) groups is 4. The van der Waals surface area contributed by atoms with Gasteiger partial charge in [-0.05, 0) is 57.3 Å². The number of amides is 2. The van der Waals surface area contributed by atoms with Crippen molar-refractivity contribution in [2.75, 3.05) is 0 Å². The Morgan fingerprint density at radius 2 is 1.71 bits per heavy atom. The van der Waals surface area contributed by atoms with Crippen LogP contribution in [0.2, 0.25) is 0 Å². The van der Waals surface area contributed by atoms with Crippen molar-refractivity contribution in [3.05, 3.63) is 0 Å². The van der Waals surface area contributed by atoms with E-state index in [4.69, 9.17) is 24.0 Å². The number of ether oxygens (including phenoxy) is 3. The Morgan fingerprint density at radius 3 is 2.36 bits per heavy atom. The first-order chi connectivity index (χ1) is 19.7. The first kappa shape index (κ1) is 32.6. The fourth-order valence-electron chi connectivity index (χ4n) is 7.02. The van der Waals surface area contributed by atoms with Gasteiger partial charge >= 0.3 is 11.9 Å². The highest BCUT2D eigenvalue weighted by Crippen LogP contribution is 2.60.